The Hall–Kier alpha value is -1.13. The molecule has 0 aliphatic carbocycles. The lowest BCUT2D eigenvalue weighted by Gasteiger charge is -2.19. The maximum atomic E-state index is 5.79. The molecule has 21 heavy (non-hydrogen) atoms. The van der Waals surface area contributed by atoms with Crippen LogP contribution in [0.25, 0.3) is 0 Å². The third-order valence-corrected chi connectivity index (χ3v) is 4.05. The average Bonchev–Trinajstić information content (AvgIpc) is 2.71. The van der Waals surface area contributed by atoms with Gasteiger partial charge in [0, 0.05) is 24.3 Å². The molecule has 1 aliphatic heterocycles. The molecule has 1 atom stereocenters. The van der Waals surface area contributed by atoms with E-state index in [-0.39, 0.29) is 6.10 Å². The number of rotatable bonds is 6. The van der Waals surface area contributed by atoms with E-state index in [0.29, 0.717) is 6.04 Å². The molecule has 2 rings (SSSR count). The molecule has 1 aromatic heterocycles. The zero-order valence-electron chi connectivity index (χ0n) is 13.6. The molecular formula is C17H29N3O. The maximum Gasteiger partial charge on any atom is 0.218 e. The van der Waals surface area contributed by atoms with Crippen molar-refractivity contribution in [2.45, 2.75) is 58.7 Å². The van der Waals surface area contributed by atoms with Crippen LogP contribution < -0.4 is 10.1 Å². The first-order valence-corrected chi connectivity index (χ1v) is 8.25. The fraction of sp³-hybridized carbons (Fsp3) is 0.706. The van der Waals surface area contributed by atoms with Gasteiger partial charge < -0.3 is 15.0 Å². The van der Waals surface area contributed by atoms with Crippen molar-refractivity contribution in [2.24, 2.45) is 0 Å². The second kappa shape index (κ2) is 8.35. The summed E-state index contributed by atoms with van der Waals surface area (Å²) in [5.74, 6) is 0.767. The first kappa shape index (κ1) is 16.2. The molecule has 0 aromatic carbocycles. The van der Waals surface area contributed by atoms with Crippen molar-refractivity contribution in [3.8, 4) is 5.88 Å². The van der Waals surface area contributed by atoms with Crippen LogP contribution in [-0.4, -0.2) is 41.7 Å². The van der Waals surface area contributed by atoms with Gasteiger partial charge in [-0.2, -0.15) is 0 Å². The molecule has 0 bridgehead atoms. The Morgan fingerprint density at radius 1 is 1.38 bits per heavy atom. The quantitative estimate of drug-likeness (QED) is 0.874. The fourth-order valence-electron chi connectivity index (χ4n) is 2.82. The average molecular weight is 291 g/mol. The minimum atomic E-state index is 0.162. The number of ether oxygens (including phenoxy) is 1. The monoisotopic (exact) mass is 291 g/mol. The van der Waals surface area contributed by atoms with Gasteiger partial charge in [0.05, 0.1) is 6.10 Å². The molecule has 0 amide bonds. The topological polar surface area (TPSA) is 37.4 Å². The van der Waals surface area contributed by atoms with Crippen molar-refractivity contribution in [3.63, 3.8) is 0 Å². The zero-order chi connectivity index (χ0) is 15.1. The lowest BCUT2D eigenvalue weighted by molar-refractivity contribution is 0.229. The summed E-state index contributed by atoms with van der Waals surface area (Å²) in [4.78, 5) is 6.90. The Kier molecular flexibility index (Phi) is 6.46. The van der Waals surface area contributed by atoms with E-state index >= 15 is 0 Å². The molecule has 1 N–H and O–H groups in total. The third kappa shape index (κ3) is 5.29. The second-order valence-electron chi connectivity index (χ2n) is 6.08. The van der Waals surface area contributed by atoms with Crippen LogP contribution in [-0.2, 0) is 6.54 Å². The summed E-state index contributed by atoms with van der Waals surface area (Å²) >= 11 is 0. The summed E-state index contributed by atoms with van der Waals surface area (Å²) < 4.78 is 5.79. The van der Waals surface area contributed by atoms with Crippen molar-refractivity contribution < 1.29 is 4.74 Å². The first-order valence-electron chi connectivity index (χ1n) is 8.25. The van der Waals surface area contributed by atoms with Crippen LogP contribution in [0.15, 0.2) is 18.3 Å². The molecule has 118 valence electrons. The van der Waals surface area contributed by atoms with E-state index in [2.05, 4.69) is 28.2 Å². The molecule has 0 saturated carbocycles. The minimum Gasteiger partial charge on any atom is -0.475 e. The maximum absolute atomic E-state index is 5.79. The van der Waals surface area contributed by atoms with Gasteiger partial charge >= 0.3 is 0 Å². The highest BCUT2D eigenvalue weighted by atomic mass is 16.5. The van der Waals surface area contributed by atoms with E-state index in [9.17, 15) is 0 Å². The lowest BCUT2D eigenvalue weighted by Crippen LogP contribution is -2.30. The smallest absolute Gasteiger partial charge is 0.218 e. The summed E-state index contributed by atoms with van der Waals surface area (Å²) in [6, 6.07) is 4.69. The third-order valence-electron chi connectivity index (χ3n) is 4.05. The molecule has 4 heteroatoms. The van der Waals surface area contributed by atoms with Crippen LogP contribution in [0.1, 0.15) is 45.6 Å². The van der Waals surface area contributed by atoms with Crippen LogP contribution in [0.3, 0.4) is 0 Å². The largest absolute Gasteiger partial charge is 0.475 e. The van der Waals surface area contributed by atoms with E-state index < -0.39 is 0 Å². The van der Waals surface area contributed by atoms with Gasteiger partial charge in [-0.25, -0.2) is 4.98 Å². The molecule has 1 fully saturated rings. The standard InChI is InChI=1S/C17H29N3O/c1-4-20-11-6-8-16(9-12-20)19-13-15-7-5-10-18-17(15)21-14(2)3/h5,7,10,14,16,19H,4,6,8-9,11-13H2,1-3H3. The first-order chi connectivity index (χ1) is 10.2. The highest BCUT2D eigenvalue weighted by Gasteiger charge is 2.16. The van der Waals surface area contributed by atoms with Gasteiger partial charge in [0.15, 0.2) is 0 Å². The zero-order valence-corrected chi connectivity index (χ0v) is 13.6. The van der Waals surface area contributed by atoms with Gasteiger partial charge in [-0.3, -0.25) is 0 Å². The van der Waals surface area contributed by atoms with Crippen LogP contribution >= 0.6 is 0 Å². The Labute approximate surface area is 128 Å². The number of pyridine rings is 1. The van der Waals surface area contributed by atoms with Crippen LogP contribution in [0.4, 0.5) is 0 Å². The normalized spacial score (nSPS) is 20.5. The summed E-state index contributed by atoms with van der Waals surface area (Å²) in [6.45, 7) is 10.8. The molecule has 1 aromatic rings. The number of aromatic nitrogens is 1. The number of likely N-dealkylation sites (tertiary alicyclic amines) is 1. The van der Waals surface area contributed by atoms with Crippen LogP contribution in [0.2, 0.25) is 0 Å². The SMILES string of the molecule is CCN1CCCC(NCc2cccnc2OC(C)C)CC1. The summed E-state index contributed by atoms with van der Waals surface area (Å²) in [7, 11) is 0. The molecule has 0 spiro atoms. The summed E-state index contributed by atoms with van der Waals surface area (Å²) in [5.41, 5.74) is 1.16. The highest BCUT2D eigenvalue weighted by molar-refractivity contribution is 5.25. The number of hydrogen-bond acceptors (Lipinski definition) is 4. The molecular weight excluding hydrogens is 262 g/mol. The summed E-state index contributed by atoms with van der Waals surface area (Å²) in [6.07, 6.45) is 5.74. The molecule has 1 aliphatic rings. The molecule has 1 saturated heterocycles. The van der Waals surface area contributed by atoms with Gasteiger partial charge in [-0.15, -0.1) is 0 Å². The van der Waals surface area contributed by atoms with Crippen molar-refractivity contribution in [3.05, 3.63) is 23.9 Å². The summed E-state index contributed by atoms with van der Waals surface area (Å²) in [5, 5.41) is 3.69. The number of nitrogens with one attached hydrogen (secondary N) is 1. The Balaban J connectivity index is 1.88. The Morgan fingerprint density at radius 3 is 3.00 bits per heavy atom. The van der Waals surface area contributed by atoms with Crippen molar-refractivity contribution in [2.75, 3.05) is 19.6 Å². The van der Waals surface area contributed by atoms with Gasteiger partial charge in [0.2, 0.25) is 5.88 Å². The van der Waals surface area contributed by atoms with E-state index in [1.165, 1.54) is 38.9 Å². The Bertz CT molecular complexity index is 422. The number of nitrogens with zero attached hydrogens (tertiary/aromatic N) is 2. The van der Waals surface area contributed by atoms with Crippen molar-refractivity contribution in [1.82, 2.24) is 15.2 Å². The lowest BCUT2D eigenvalue weighted by atomic mass is 10.1. The van der Waals surface area contributed by atoms with E-state index in [0.717, 1.165) is 18.0 Å². The predicted octanol–water partition coefficient (Wildman–Crippen LogP) is 2.83. The van der Waals surface area contributed by atoms with E-state index in [1.54, 1.807) is 6.20 Å². The molecule has 4 nitrogen and oxygen atoms in total. The van der Waals surface area contributed by atoms with Crippen LogP contribution in [0.5, 0.6) is 5.88 Å². The van der Waals surface area contributed by atoms with Gasteiger partial charge in [0.25, 0.3) is 0 Å². The van der Waals surface area contributed by atoms with Gasteiger partial charge in [0.1, 0.15) is 0 Å². The van der Waals surface area contributed by atoms with Crippen molar-refractivity contribution >= 4 is 0 Å². The Morgan fingerprint density at radius 2 is 2.24 bits per heavy atom. The highest BCUT2D eigenvalue weighted by Crippen LogP contribution is 2.17. The van der Waals surface area contributed by atoms with Gasteiger partial charge in [-0.05, 0) is 58.8 Å². The van der Waals surface area contributed by atoms with E-state index in [4.69, 9.17) is 4.74 Å². The molecule has 0 radical (unpaired) electrons. The molecule has 1 unspecified atom stereocenters. The van der Waals surface area contributed by atoms with Gasteiger partial charge in [-0.1, -0.05) is 13.0 Å². The minimum absolute atomic E-state index is 0.162. The van der Waals surface area contributed by atoms with Crippen molar-refractivity contribution in [1.29, 1.82) is 0 Å². The predicted molar refractivity (Wildman–Crippen MR) is 86.6 cm³/mol. The fourth-order valence-corrected chi connectivity index (χ4v) is 2.82. The van der Waals surface area contributed by atoms with E-state index in [1.807, 2.05) is 19.9 Å². The number of hydrogen-bond donors (Lipinski definition) is 1. The second-order valence-corrected chi connectivity index (χ2v) is 6.08. The molecule has 2 heterocycles. The van der Waals surface area contributed by atoms with Crippen LogP contribution in [0, 0.1) is 0 Å².